The van der Waals surface area contributed by atoms with Gasteiger partial charge in [-0.25, -0.2) is 4.98 Å². The van der Waals surface area contributed by atoms with Crippen molar-refractivity contribution in [1.29, 1.82) is 0 Å². The lowest BCUT2D eigenvalue weighted by Crippen LogP contribution is -2.29. The number of aromatic nitrogens is 2. The van der Waals surface area contributed by atoms with Crippen molar-refractivity contribution >= 4 is 49.9 Å². The third-order valence-electron chi connectivity index (χ3n) is 6.00. The second-order valence-electron chi connectivity index (χ2n) is 8.04. The van der Waals surface area contributed by atoms with Crippen LogP contribution in [-0.4, -0.2) is 33.9 Å². The van der Waals surface area contributed by atoms with Crippen molar-refractivity contribution in [3.05, 3.63) is 74.6 Å². The zero-order chi connectivity index (χ0) is 21.5. The Balaban J connectivity index is 1.68. The number of carbonyl (C=O) groups excluding carboxylic acids is 1. The molecule has 0 radical (unpaired) electrons. The third kappa shape index (κ3) is 3.57. The van der Waals surface area contributed by atoms with Gasteiger partial charge in [0.1, 0.15) is 10.7 Å². The number of aryl methyl sites for hydroxylation is 2. The topological polar surface area (TPSA) is 66.1 Å². The van der Waals surface area contributed by atoms with E-state index in [1.54, 1.807) is 0 Å². The van der Waals surface area contributed by atoms with Crippen LogP contribution in [0.15, 0.2) is 47.3 Å². The lowest BCUT2D eigenvalue weighted by Gasteiger charge is -2.17. The summed E-state index contributed by atoms with van der Waals surface area (Å²) in [4.78, 5) is 37.5. The monoisotopic (exact) mass is 429 g/mol. The first-order valence-corrected chi connectivity index (χ1v) is 11.3. The molecular formula is C25H23N3O2S. The number of hydrogen-bond donors (Lipinski definition) is 1. The maximum Gasteiger partial charge on any atom is 0.260 e. The standard InChI is InChI=1S/C25H23N3O2S/c1-15-16(2)31-24-21(15)23(29)26-22(27-24)20(25(30)28-11-5-6-12-28)14-17-9-10-18-7-3-4-8-19(18)13-17/h3-4,7-10,13-14H,5-6,11-12H2,1-2H3,(H,26,27,29)/b20-14+. The van der Waals surface area contributed by atoms with Gasteiger partial charge in [0.25, 0.3) is 11.5 Å². The van der Waals surface area contributed by atoms with Crippen LogP contribution in [0.2, 0.25) is 0 Å². The zero-order valence-corrected chi connectivity index (χ0v) is 18.4. The molecule has 0 bridgehead atoms. The Labute approximate surface area is 184 Å². The van der Waals surface area contributed by atoms with E-state index in [-0.39, 0.29) is 11.5 Å². The van der Waals surface area contributed by atoms with Gasteiger partial charge >= 0.3 is 0 Å². The summed E-state index contributed by atoms with van der Waals surface area (Å²) < 4.78 is 0. The molecule has 5 nitrogen and oxygen atoms in total. The summed E-state index contributed by atoms with van der Waals surface area (Å²) >= 11 is 1.49. The second-order valence-corrected chi connectivity index (χ2v) is 9.25. The van der Waals surface area contributed by atoms with Gasteiger partial charge in [-0.15, -0.1) is 11.3 Å². The van der Waals surface area contributed by atoms with Crippen LogP contribution >= 0.6 is 11.3 Å². The third-order valence-corrected chi connectivity index (χ3v) is 7.10. The molecule has 3 heterocycles. The molecule has 2 aromatic carbocycles. The minimum Gasteiger partial charge on any atom is -0.339 e. The highest BCUT2D eigenvalue weighted by Crippen LogP contribution is 2.28. The highest BCUT2D eigenvalue weighted by atomic mass is 32.1. The van der Waals surface area contributed by atoms with Crippen molar-refractivity contribution in [1.82, 2.24) is 14.9 Å². The van der Waals surface area contributed by atoms with Crippen LogP contribution in [0.25, 0.3) is 32.6 Å². The van der Waals surface area contributed by atoms with Crippen molar-refractivity contribution in [2.24, 2.45) is 0 Å². The first-order chi connectivity index (χ1) is 15.0. The predicted octanol–water partition coefficient (Wildman–Crippen LogP) is 4.92. The Bertz CT molecular complexity index is 1410. The molecule has 1 amide bonds. The van der Waals surface area contributed by atoms with Crippen molar-refractivity contribution in [2.75, 3.05) is 13.1 Å². The molecule has 31 heavy (non-hydrogen) atoms. The number of likely N-dealkylation sites (tertiary alicyclic amines) is 1. The van der Waals surface area contributed by atoms with Gasteiger partial charge in [-0.2, -0.15) is 0 Å². The fourth-order valence-electron chi connectivity index (χ4n) is 4.17. The molecule has 156 valence electrons. The summed E-state index contributed by atoms with van der Waals surface area (Å²) in [6.07, 6.45) is 3.85. The van der Waals surface area contributed by atoms with Gasteiger partial charge in [-0.05, 0) is 60.7 Å². The molecule has 0 aliphatic carbocycles. The highest BCUT2D eigenvalue weighted by Gasteiger charge is 2.25. The number of carbonyl (C=O) groups is 1. The number of nitrogens with zero attached hydrogens (tertiary/aromatic N) is 2. The van der Waals surface area contributed by atoms with Gasteiger partial charge in [-0.1, -0.05) is 36.4 Å². The fraction of sp³-hybridized carbons (Fsp3) is 0.240. The number of benzene rings is 2. The van der Waals surface area contributed by atoms with E-state index in [2.05, 4.69) is 23.2 Å². The van der Waals surface area contributed by atoms with Gasteiger partial charge < -0.3 is 9.88 Å². The maximum atomic E-state index is 13.4. The molecule has 2 aromatic heterocycles. The number of fused-ring (bicyclic) bond motifs is 2. The van der Waals surface area contributed by atoms with Crippen LogP contribution in [-0.2, 0) is 4.79 Å². The van der Waals surface area contributed by atoms with Crippen LogP contribution in [0.4, 0.5) is 0 Å². The van der Waals surface area contributed by atoms with Crippen molar-refractivity contribution in [3.63, 3.8) is 0 Å². The Hall–Kier alpha value is -3.25. The number of aromatic amines is 1. The SMILES string of the molecule is Cc1sc2nc(/C(=C\c3ccc4ccccc4c3)C(=O)N3CCCC3)[nH]c(=O)c2c1C. The van der Waals surface area contributed by atoms with Gasteiger partial charge in [0.05, 0.1) is 11.0 Å². The summed E-state index contributed by atoms with van der Waals surface area (Å²) in [5, 5.41) is 2.86. The zero-order valence-electron chi connectivity index (χ0n) is 17.6. The second kappa shape index (κ2) is 7.78. The van der Waals surface area contributed by atoms with Crippen LogP contribution in [0.1, 0.15) is 34.7 Å². The number of nitrogens with one attached hydrogen (secondary N) is 1. The molecule has 6 heteroatoms. The molecule has 0 saturated carbocycles. The largest absolute Gasteiger partial charge is 0.339 e. The van der Waals surface area contributed by atoms with E-state index in [0.717, 1.165) is 52.7 Å². The molecule has 4 aromatic rings. The lowest BCUT2D eigenvalue weighted by atomic mass is 10.0. The summed E-state index contributed by atoms with van der Waals surface area (Å²) in [6.45, 7) is 5.39. The Morgan fingerprint density at radius 3 is 2.61 bits per heavy atom. The predicted molar refractivity (Wildman–Crippen MR) is 127 cm³/mol. The number of thiophene rings is 1. The van der Waals surface area contributed by atoms with Crippen molar-refractivity contribution < 1.29 is 4.79 Å². The van der Waals surface area contributed by atoms with Gasteiger partial charge in [0, 0.05) is 18.0 Å². The molecule has 5 rings (SSSR count). The summed E-state index contributed by atoms with van der Waals surface area (Å²) in [5.74, 6) is 0.252. The summed E-state index contributed by atoms with van der Waals surface area (Å²) in [5.41, 5.74) is 2.09. The maximum absolute atomic E-state index is 13.4. The van der Waals surface area contributed by atoms with E-state index in [9.17, 15) is 9.59 Å². The number of H-pyrrole nitrogens is 1. The minimum atomic E-state index is -0.194. The Kier molecular flexibility index (Phi) is 4.94. The van der Waals surface area contributed by atoms with E-state index >= 15 is 0 Å². The molecular weight excluding hydrogens is 406 g/mol. The molecule has 0 unspecified atom stereocenters. The first-order valence-electron chi connectivity index (χ1n) is 10.5. The van der Waals surface area contributed by atoms with Gasteiger partial charge in [-0.3, -0.25) is 9.59 Å². The summed E-state index contributed by atoms with van der Waals surface area (Å²) in [6, 6.07) is 14.2. The van der Waals surface area contributed by atoms with Crippen LogP contribution < -0.4 is 5.56 Å². The average Bonchev–Trinajstić information content (AvgIpc) is 3.40. The molecule has 1 aliphatic rings. The molecule has 1 fully saturated rings. The Morgan fingerprint density at radius 1 is 1.10 bits per heavy atom. The quantitative estimate of drug-likeness (QED) is 0.470. The van der Waals surface area contributed by atoms with E-state index < -0.39 is 0 Å². The van der Waals surface area contributed by atoms with Gasteiger partial charge in [0.15, 0.2) is 0 Å². The van der Waals surface area contributed by atoms with E-state index in [1.165, 1.54) is 11.3 Å². The number of rotatable bonds is 3. The fourth-order valence-corrected chi connectivity index (χ4v) is 5.20. The van der Waals surface area contributed by atoms with Crippen LogP contribution in [0, 0.1) is 13.8 Å². The average molecular weight is 430 g/mol. The minimum absolute atomic E-state index is 0.0850. The van der Waals surface area contributed by atoms with Crippen LogP contribution in [0.5, 0.6) is 0 Å². The first kappa shape index (κ1) is 19.7. The molecule has 1 aliphatic heterocycles. The van der Waals surface area contributed by atoms with E-state index in [4.69, 9.17) is 4.98 Å². The number of amides is 1. The summed E-state index contributed by atoms with van der Waals surface area (Å²) in [7, 11) is 0. The molecule has 1 saturated heterocycles. The molecule has 0 spiro atoms. The smallest absolute Gasteiger partial charge is 0.260 e. The van der Waals surface area contributed by atoms with Crippen molar-refractivity contribution in [3.8, 4) is 0 Å². The normalized spacial score (nSPS) is 14.6. The number of hydrogen-bond acceptors (Lipinski definition) is 4. The highest BCUT2D eigenvalue weighted by molar-refractivity contribution is 7.18. The Morgan fingerprint density at radius 2 is 1.84 bits per heavy atom. The molecule has 1 N–H and O–H groups in total. The van der Waals surface area contributed by atoms with E-state index in [0.29, 0.717) is 21.6 Å². The lowest BCUT2D eigenvalue weighted by molar-refractivity contribution is -0.123. The van der Waals surface area contributed by atoms with Crippen LogP contribution in [0.3, 0.4) is 0 Å². The van der Waals surface area contributed by atoms with Gasteiger partial charge in [0.2, 0.25) is 0 Å². The molecule has 0 atom stereocenters. The van der Waals surface area contributed by atoms with E-state index in [1.807, 2.05) is 49.1 Å². The van der Waals surface area contributed by atoms with Crippen molar-refractivity contribution in [2.45, 2.75) is 26.7 Å².